The van der Waals surface area contributed by atoms with Crippen molar-refractivity contribution in [3.8, 4) is 28.9 Å². The van der Waals surface area contributed by atoms with Crippen molar-refractivity contribution < 1.29 is 19.0 Å². The first-order chi connectivity index (χ1) is 16.4. The van der Waals surface area contributed by atoms with Gasteiger partial charge in [0.05, 0.1) is 12.8 Å². The molecule has 0 aliphatic rings. The number of anilines is 1. The van der Waals surface area contributed by atoms with E-state index in [0.29, 0.717) is 34.7 Å². The van der Waals surface area contributed by atoms with Crippen LogP contribution in [-0.2, 0) is 4.79 Å². The molecule has 9 heteroatoms. The van der Waals surface area contributed by atoms with Gasteiger partial charge in [-0.25, -0.2) is 9.97 Å². The minimum Gasteiger partial charge on any atom is -0.497 e. The van der Waals surface area contributed by atoms with Crippen molar-refractivity contribution in [2.24, 2.45) is 0 Å². The highest BCUT2D eigenvalue weighted by Crippen LogP contribution is 2.24. The molecule has 0 bridgehead atoms. The van der Waals surface area contributed by atoms with E-state index in [0.717, 1.165) is 17.1 Å². The summed E-state index contributed by atoms with van der Waals surface area (Å²) in [6.45, 7) is 5.63. The Morgan fingerprint density at radius 2 is 1.62 bits per heavy atom. The number of hydrogen-bond acceptors (Lipinski definition) is 7. The molecule has 4 rings (SSSR count). The maximum atomic E-state index is 12.2. The van der Waals surface area contributed by atoms with Gasteiger partial charge in [0.25, 0.3) is 5.91 Å². The Balaban J connectivity index is 1.36. The summed E-state index contributed by atoms with van der Waals surface area (Å²) in [7, 11) is 1.59. The molecule has 0 aliphatic carbocycles. The molecule has 2 aromatic carbocycles. The van der Waals surface area contributed by atoms with Crippen molar-refractivity contribution in [3.63, 3.8) is 0 Å². The third-order valence-electron chi connectivity index (χ3n) is 5.09. The fraction of sp³-hybridized carbons (Fsp3) is 0.200. The second-order valence-corrected chi connectivity index (χ2v) is 7.54. The number of aromatic nitrogens is 4. The van der Waals surface area contributed by atoms with Gasteiger partial charge in [0.15, 0.2) is 6.61 Å². The van der Waals surface area contributed by atoms with Gasteiger partial charge >= 0.3 is 0 Å². The predicted octanol–water partition coefficient (Wildman–Crippen LogP) is 4.41. The van der Waals surface area contributed by atoms with Gasteiger partial charge in [0, 0.05) is 17.4 Å². The SMILES string of the molecule is COc1ccc(OCC(=O)Nc2ccc(Oc3cc(-n4cnc(C)c4C)nc(C)n3)cc2)cc1. The molecule has 2 heterocycles. The Morgan fingerprint density at radius 1 is 0.941 bits per heavy atom. The van der Waals surface area contributed by atoms with Gasteiger partial charge in [0.1, 0.15) is 35.2 Å². The van der Waals surface area contributed by atoms with E-state index in [9.17, 15) is 4.79 Å². The second-order valence-electron chi connectivity index (χ2n) is 7.54. The largest absolute Gasteiger partial charge is 0.497 e. The number of amides is 1. The van der Waals surface area contributed by atoms with Gasteiger partial charge in [-0.05, 0) is 69.3 Å². The molecule has 1 amide bonds. The highest BCUT2D eigenvalue weighted by atomic mass is 16.5. The van der Waals surface area contributed by atoms with Crippen LogP contribution in [0.5, 0.6) is 23.1 Å². The molecule has 0 saturated carbocycles. The minimum atomic E-state index is -0.272. The molecule has 0 saturated heterocycles. The molecule has 34 heavy (non-hydrogen) atoms. The number of benzene rings is 2. The Morgan fingerprint density at radius 3 is 2.26 bits per heavy atom. The van der Waals surface area contributed by atoms with E-state index < -0.39 is 0 Å². The zero-order chi connectivity index (χ0) is 24.1. The van der Waals surface area contributed by atoms with E-state index in [1.54, 1.807) is 68.0 Å². The smallest absolute Gasteiger partial charge is 0.262 e. The average Bonchev–Trinajstić information content (AvgIpc) is 3.17. The molecule has 1 N–H and O–H groups in total. The topological polar surface area (TPSA) is 100 Å². The molecule has 174 valence electrons. The van der Waals surface area contributed by atoms with Crippen molar-refractivity contribution in [1.82, 2.24) is 19.5 Å². The number of imidazole rings is 1. The van der Waals surface area contributed by atoms with Crippen LogP contribution < -0.4 is 19.5 Å². The first kappa shape index (κ1) is 22.8. The Bertz CT molecular complexity index is 1280. The zero-order valence-electron chi connectivity index (χ0n) is 19.4. The fourth-order valence-electron chi connectivity index (χ4n) is 3.18. The number of hydrogen-bond donors (Lipinski definition) is 1. The number of aryl methyl sites for hydroxylation is 2. The summed E-state index contributed by atoms with van der Waals surface area (Å²) >= 11 is 0. The summed E-state index contributed by atoms with van der Waals surface area (Å²) < 4.78 is 18.4. The quantitative estimate of drug-likeness (QED) is 0.417. The lowest BCUT2D eigenvalue weighted by Crippen LogP contribution is -2.20. The van der Waals surface area contributed by atoms with Crippen LogP contribution in [0.15, 0.2) is 60.9 Å². The number of nitrogens with zero attached hydrogens (tertiary/aromatic N) is 4. The highest BCUT2D eigenvalue weighted by Gasteiger charge is 2.10. The van der Waals surface area contributed by atoms with E-state index in [4.69, 9.17) is 14.2 Å². The molecule has 4 aromatic rings. The molecule has 0 spiro atoms. The molecule has 0 fully saturated rings. The molecule has 0 atom stereocenters. The summed E-state index contributed by atoms with van der Waals surface area (Å²) in [4.78, 5) is 25.4. The lowest BCUT2D eigenvalue weighted by atomic mass is 10.3. The predicted molar refractivity (Wildman–Crippen MR) is 127 cm³/mol. The van der Waals surface area contributed by atoms with Crippen LogP contribution in [0.3, 0.4) is 0 Å². The van der Waals surface area contributed by atoms with Gasteiger partial charge in [-0.15, -0.1) is 0 Å². The molecule has 0 aliphatic heterocycles. The number of methoxy groups -OCH3 is 1. The van der Waals surface area contributed by atoms with E-state index in [-0.39, 0.29) is 12.5 Å². The monoisotopic (exact) mass is 459 g/mol. The van der Waals surface area contributed by atoms with Crippen LogP contribution in [0.25, 0.3) is 5.82 Å². The second kappa shape index (κ2) is 10.0. The van der Waals surface area contributed by atoms with Crippen molar-refractivity contribution in [2.45, 2.75) is 20.8 Å². The molecule has 0 unspecified atom stereocenters. The lowest BCUT2D eigenvalue weighted by molar-refractivity contribution is -0.118. The normalized spacial score (nSPS) is 10.6. The third-order valence-corrected chi connectivity index (χ3v) is 5.09. The van der Waals surface area contributed by atoms with E-state index in [1.165, 1.54) is 0 Å². The highest BCUT2D eigenvalue weighted by molar-refractivity contribution is 5.91. The van der Waals surface area contributed by atoms with Crippen LogP contribution in [0.4, 0.5) is 5.69 Å². The summed E-state index contributed by atoms with van der Waals surface area (Å²) in [6, 6.07) is 15.8. The summed E-state index contributed by atoms with van der Waals surface area (Å²) in [5, 5.41) is 2.79. The van der Waals surface area contributed by atoms with Gasteiger partial charge in [-0.2, -0.15) is 4.98 Å². The van der Waals surface area contributed by atoms with Crippen molar-refractivity contribution in [2.75, 3.05) is 19.0 Å². The van der Waals surface area contributed by atoms with Crippen LogP contribution >= 0.6 is 0 Å². The minimum absolute atomic E-state index is 0.110. The zero-order valence-corrected chi connectivity index (χ0v) is 19.4. The van der Waals surface area contributed by atoms with Gasteiger partial charge in [-0.3, -0.25) is 9.36 Å². The maximum absolute atomic E-state index is 12.2. The van der Waals surface area contributed by atoms with E-state index in [1.807, 2.05) is 25.3 Å². The fourth-order valence-corrected chi connectivity index (χ4v) is 3.18. The van der Waals surface area contributed by atoms with Crippen molar-refractivity contribution in [1.29, 1.82) is 0 Å². The van der Waals surface area contributed by atoms with E-state index in [2.05, 4.69) is 20.3 Å². The molecular formula is C25H25N5O4. The number of carbonyl (C=O) groups excluding carboxylic acids is 1. The summed E-state index contributed by atoms with van der Waals surface area (Å²) in [5.41, 5.74) is 2.56. The standard InChI is InChI=1S/C25H25N5O4/c1-16-17(2)30(15-26-16)23-13-25(28-18(3)27-23)34-22-7-5-19(6-8-22)29-24(31)14-33-21-11-9-20(32-4)10-12-21/h5-13,15H,14H2,1-4H3,(H,29,31). The first-order valence-corrected chi connectivity index (χ1v) is 10.6. The molecule has 2 aromatic heterocycles. The molecule has 9 nitrogen and oxygen atoms in total. The number of carbonyl (C=O) groups is 1. The third kappa shape index (κ3) is 5.50. The van der Waals surface area contributed by atoms with Crippen molar-refractivity contribution >= 4 is 11.6 Å². The molecule has 0 radical (unpaired) electrons. The van der Waals surface area contributed by atoms with Gasteiger partial charge in [-0.1, -0.05) is 0 Å². The summed E-state index contributed by atoms with van der Waals surface area (Å²) in [5.74, 6) is 3.29. The average molecular weight is 460 g/mol. The van der Waals surface area contributed by atoms with Gasteiger partial charge in [0.2, 0.25) is 5.88 Å². The van der Waals surface area contributed by atoms with Crippen LogP contribution in [0, 0.1) is 20.8 Å². The molecular weight excluding hydrogens is 434 g/mol. The van der Waals surface area contributed by atoms with Crippen LogP contribution in [0.2, 0.25) is 0 Å². The number of ether oxygens (including phenoxy) is 3. The van der Waals surface area contributed by atoms with Crippen molar-refractivity contribution in [3.05, 3.63) is 78.1 Å². The van der Waals surface area contributed by atoms with E-state index >= 15 is 0 Å². The Labute approximate surface area is 197 Å². The number of nitrogens with one attached hydrogen (secondary N) is 1. The van der Waals surface area contributed by atoms with Crippen LogP contribution in [-0.4, -0.2) is 39.1 Å². The van der Waals surface area contributed by atoms with Crippen LogP contribution in [0.1, 0.15) is 17.2 Å². The first-order valence-electron chi connectivity index (χ1n) is 10.6. The van der Waals surface area contributed by atoms with Gasteiger partial charge < -0.3 is 19.5 Å². The lowest BCUT2D eigenvalue weighted by Gasteiger charge is -2.11. The Hall–Kier alpha value is -4.40. The number of rotatable bonds is 8. The Kier molecular flexibility index (Phi) is 6.72. The maximum Gasteiger partial charge on any atom is 0.262 e. The summed E-state index contributed by atoms with van der Waals surface area (Å²) in [6.07, 6.45) is 1.73.